The Bertz CT molecular complexity index is 1490. The van der Waals surface area contributed by atoms with Gasteiger partial charge in [0.05, 0.1) is 0 Å². The van der Waals surface area contributed by atoms with E-state index >= 15 is 0 Å². The first-order valence-electron chi connectivity index (χ1n) is 35.4. The molecular weight excluding hydrogens is 997 g/mol. The first kappa shape index (κ1) is 77.9. The lowest BCUT2D eigenvalue weighted by molar-refractivity contribution is -0.167. The first-order chi connectivity index (χ1) is 40.0. The molecule has 0 radical (unpaired) electrons. The van der Waals surface area contributed by atoms with Crippen molar-refractivity contribution in [2.45, 2.75) is 374 Å². The van der Waals surface area contributed by atoms with E-state index in [1.165, 1.54) is 238 Å². The molecule has 0 fully saturated rings. The van der Waals surface area contributed by atoms with Crippen LogP contribution in [0.5, 0.6) is 0 Å². The van der Waals surface area contributed by atoms with Crippen molar-refractivity contribution in [3.05, 3.63) is 72.9 Å². The Morgan fingerprint density at radius 1 is 0.259 bits per heavy atom. The maximum Gasteiger partial charge on any atom is 0.306 e. The molecule has 0 heterocycles. The Balaban J connectivity index is 4.09. The van der Waals surface area contributed by atoms with E-state index in [1.807, 2.05) is 0 Å². The molecule has 0 aromatic heterocycles. The average Bonchev–Trinajstić information content (AvgIpc) is 3.46. The summed E-state index contributed by atoms with van der Waals surface area (Å²) in [5.74, 6) is -0.910. The number of rotatable bonds is 65. The zero-order valence-electron chi connectivity index (χ0n) is 54.1. The van der Waals surface area contributed by atoms with Crippen LogP contribution in [0.1, 0.15) is 367 Å². The first-order valence-corrected chi connectivity index (χ1v) is 35.4. The fourth-order valence-corrected chi connectivity index (χ4v) is 10.4. The van der Waals surface area contributed by atoms with Crippen molar-refractivity contribution >= 4 is 17.9 Å². The fraction of sp³-hybridized carbons (Fsp3) is 0.800. The zero-order valence-corrected chi connectivity index (χ0v) is 54.1. The van der Waals surface area contributed by atoms with Crippen molar-refractivity contribution < 1.29 is 28.6 Å². The van der Waals surface area contributed by atoms with Crippen molar-refractivity contribution in [3.8, 4) is 0 Å². The molecule has 0 aliphatic rings. The van der Waals surface area contributed by atoms with Gasteiger partial charge in [0.15, 0.2) is 6.10 Å². The quantitative estimate of drug-likeness (QED) is 0.0261. The molecule has 0 amide bonds. The van der Waals surface area contributed by atoms with Crippen LogP contribution < -0.4 is 0 Å². The maximum absolute atomic E-state index is 12.9. The normalized spacial score (nSPS) is 12.5. The van der Waals surface area contributed by atoms with E-state index in [2.05, 4.69) is 93.7 Å². The Morgan fingerprint density at radius 3 is 0.778 bits per heavy atom. The molecule has 6 nitrogen and oxygen atoms in total. The number of carbonyl (C=O) groups excluding carboxylic acids is 3. The molecule has 81 heavy (non-hydrogen) atoms. The molecule has 0 aliphatic carbocycles. The van der Waals surface area contributed by atoms with Gasteiger partial charge in [0.25, 0.3) is 0 Å². The number of esters is 3. The van der Waals surface area contributed by atoms with Gasteiger partial charge in [-0.05, 0) is 89.9 Å². The van der Waals surface area contributed by atoms with Gasteiger partial charge in [0.2, 0.25) is 0 Å². The Hall–Kier alpha value is -3.15. The second-order valence-corrected chi connectivity index (χ2v) is 23.8. The van der Waals surface area contributed by atoms with Crippen molar-refractivity contribution in [3.63, 3.8) is 0 Å². The molecule has 0 spiro atoms. The molecule has 0 bridgehead atoms. The summed E-state index contributed by atoms with van der Waals surface area (Å²) < 4.78 is 16.9. The minimum Gasteiger partial charge on any atom is -0.462 e. The maximum atomic E-state index is 12.9. The third-order valence-electron chi connectivity index (χ3n) is 15.7. The number of hydrogen-bond donors (Lipinski definition) is 0. The summed E-state index contributed by atoms with van der Waals surface area (Å²) in [6.45, 7) is 6.52. The third kappa shape index (κ3) is 67.5. The average molecular weight is 1130 g/mol. The van der Waals surface area contributed by atoms with E-state index in [9.17, 15) is 14.4 Å². The monoisotopic (exact) mass is 1130 g/mol. The molecule has 0 saturated heterocycles. The predicted octanol–water partition coefficient (Wildman–Crippen LogP) is 24.4. The van der Waals surface area contributed by atoms with Crippen LogP contribution in [-0.4, -0.2) is 37.2 Å². The van der Waals surface area contributed by atoms with Gasteiger partial charge in [-0.2, -0.15) is 0 Å². The summed E-state index contributed by atoms with van der Waals surface area (Å²) in [5.41, 5.74) is 0. The van der Waals surface area contributed by atoms with Gasteiger partial charge in [-0.1, -0.05) is 331 Å². The van der Waals surface area contributed by atoms with E-state index in [0.717, 1.165) is 83.5 Å². The van der Waals surface area contributed by atoms with Crippen molar-refractivity contribution in [2.75, 3.05) is 13.2 Å². The van der Waals surface area contributed by atoms with E-state index in [4.69, 9.17) is 14.2 Å². The molecule has 0 aromatic carbocycles. The molecule has 6 heteroatoms. The highest BCUT2D eigenvalue weighted by Gasteiger charge is 2.19. The van der Waals surface area contributed by atoms with Gasteiger partial charge in [0.1, 0.15) is 13.2 Å². The molecule has 0 aliphatic heterocycles. The van der Waals surface area contributed by atoms with E-state index in [-0.39, 0.29) is 37.5 Å². The standard InChI is InChI=1S/C75H134O6/c1-4-7-10-13-16-19-22-25-27-28-29-30-31-32-33-34-35-36-37-38-39-40-41-42-43-44-45-46-48-50-53-56-59-62-65-68-74(77)80-71-72(70-79-73(76)67-64-61-58-55-52-49-24-21-18-15-12-9-6-3)81-75(78)69-66-63-60-57-54-51-47-26-23-20-17-14-11-8-5-2/h8,11,17,20,22,25-26,28-29,47,54,57,72H,4-7,9-10,12-16,18-19,21,23-24,27,30-46,48-53,55-56,58-71H2,1-3H3/b11-8-,20-17-,25-22-,29-28-,47-26-,57-54-. The lowest BCUT2D eigenvalue weighted by atomic mass is 10.0. The van der Waals surface area contributed by atoms with Crippen LogP contribution in [0.15, 0.2) is 72.9 Å². The van der Waals surface area contributed by atoms with Crippen LogP contribution in [-0.2, 0) is 28.6 Å². The molecule has 470 valence electrons. The minimum atomic E-state index is -0.794. The lowest BCUT2D eigenvalue weighted by Gasteiger charge is -2.18. The molecule has 0 rings (SSSR count). The largest absolute Gasteiger partial charge is 0.462 e. The fourth-order valence-electron chi connectivity index (χ4n) is 10.4. The summed E-state index contributed by atoms with van der Waals surface area (Å²) in [7, 11) is 0. The SMILES string of the molecule is CC/C=C\C/C=C\C/C=C\C/C=C\CCCCC(=O)OC(COC(=O)CCCCCCCCCCCCCCC)COC(=O)CCCCCCCCCCCCCCCCCCCCCCCCC/C=C\C/C=C\CCCCCCC. The minimum absolute atomic E-state index is 0.0872. The van der Waals surface area contributed by atoms with Gasteiger partial charge in [0, 0.05) is 19.3 Å². The molecule has 0 aromatic rings. The zero-order chi connectivity index (χ0) is 58.5. The lowest BCUT2D eigenvalue weighted by Crippen LogP contribution is -2.30. The predicted molar refractivity (Wildman–Crippen MR) is 353 cm³/mol. The summed E-state index contributed by atoms with van der Waals surface area (Å²) in [6.07, 6.45) is 91.0. The highest BCUT2D eigenvalue weighted by atomic mass is 16.6. The van der Waals surface area contributed by atoms with Crippen molar-refractivity contribution in [1.29, 1.82) is 0 Å². The molecule has 1 atom stereocenters. The molecular formula is C75H134O6. The van der Waals surface area contributed by atoms with Gasteiger partial charge in [-0.15, -0.1) is 0 Å². The smallest absolute Gasteiger partial charge is 0.306 e. The highest BCUT2D eigenvalue weighted by molar-refractivity contribution is 5.71. The molecule has 1 unspecified atom stereocenters. The van der Waals surface area contributed by atoms with Gasteiger partial charge in [-0.25, -0.2) is 0 Å². The van der Waals surface area contributed by atoms with Crippen molar-refractivity contribution in [2.24, 2.45) is 0 Å². The number of carbonyl (C=O) groups is 3. The highest BCUT2D eigenvalue weighted by Crippen LogP contribution is 2.18. The van der Waals surface area contributed by atoms with Crippen molar-refractivity contribution in [1.82, 2.24) is 0 Å². The third-order valence-corrected chi connectivity index (χ3v) is 15.7. The van der Waals surface area contributed by atoms with E-state index in [1.54, 1.807) is 0 Å². The second-order valence-electron chi connectivity index (χ2n) is 23.8. The topological polar surface area (TPSA) is 78.9 Å². The van der Waals surface area contributed by atoms with Gasteiger partial charge >= 0.3 is 17.9 Å². The summed E-state index contributed by atoms with van der Waals surface area (Å²) in [6, 6.07) is 0. The summed E-state index contributed by atoms with van der Waals surface area (Å²) in [5, 5.41) is 0. The van der Waals surface area contributed by atoms with Crippen LogP contribution in [0.3, 0.4) is 0 Å². The van der Waals surface area contributed by atoms with Crippen LogP contribution in [0.4, 0.5) is 0 Å². The van der Waals surface area contributed by atoms with E-state index < -0.39 is 6.10 Å². The van der Waals surface area contributed by atoms with Gasteiger partial charge < -0.3 is 14.2 Å². The number of unbranched alkanes of at least 4 members (excludes halogenated alkanes) is 42. The van der Waals surface area contributed by atoms with Crippen LogP contribution in [0, 0.1) is 0 Å². The number of allylic oxidation sites excluding steroid dienone is 12. The number of ether oxygens (including phenoxy) is 3. The van der Waals surface area contributed by atoms with Crippen LogP contribution in [0.25, 0.3) is 0 Å². The molecule has 0 N–H and O–H groups in total. The van der Waals surface area contributed by atoms with Gasteiger partial charge in [-0.3, -0.25) is 14.4 Å². The van der Waals surface area contributed by atoms with Crippen LogP contribution >= 0.6 is 0 Å². The molecule has 0 saturated carbocycles. The Morgan fingerprint density at radius 2 is 0.481 bits per heavy atom. The summed E-state index contributed by atoms with van der Waals surface area (Å²) >= 11 is 0. The number of hydrogen-bond acceptors (Lipinski definition) is 6. The van der Waals surface area contributed by atoms with E-state index in [0.29, 0.717) is 19.3 Å². The van der Waals surface area contributed by atoms with Crippen LogP contribution in [0.2, 0.25) is 0 Å². The summed E-state index contributed by atoms with van der Waals surface area (Å²) in [4.78, 5) is 38.3. The Labute approximate surface area is 503 Å². The Kier molecular flexibility index (Phi) is 66.6. The second kappa shape index (κ2) is 69.3.